The summed E-state index contributed by atoms with van der Waals surface area (Å²) in [5.41, 5.74) is -0.357. The predicted octanol–water partition coefficient (Wildman–Crippen LogP) is 1.77. The van der Waals surface area contributed by atoms with E-state index in [4.69, 9.17) is 4.74 Å². The molecule has 0 saturated carbocycles. The Kier molecular flexibility index (Phi) is 4.27. The van der Waals surface area contributed by atoms with Gasteiger partial charge in [-0.2, -0.15) is 0 Å². The molecule has 0 aliphatic carbocycles. The molecule has 1 N–H and O–H groups in total. The maximum absolute atomic E-state index is 13.4. The number of hydrogen-bond donors (Lipinski definition) is 1. The zero-order valence-electron chi connectivity index (χ0n) is 15.4. The molecular formula is C21H19FN2O4. The van der Waals surface area contributed by atoms with Crippen molar-refractivity contribution in [2.45, 2.75) is 11.6 Å². The number of nitrogens with zero attached hydrogens (tertiary/aromatic N) is 1. The Labute approximate surface area is 161 Å². The van der Waals surface area contributed by atoms with Gasteiger partial charge in [-0.15, -0.1) is 0 Å². The van der Waals surface area contributed by atoms with Crippen LogP contribution in [0.25, 0.3) is 0 Å². The molecule has 0 radical (unpaired) electrons. The number of carbonyl (C=O) groups is 3. The molecule has 2 amide bonds. The lowest BCUT2D eigenvalue weighted by atomic mass is 9.75. The van der Waals surface area contributed by atoms with Gasteiger partial charge in [-0.1, -0.05) is 42.5 Å². The first kappa shape index (κ1) is 18.3. The molecule has 2 fully saturated rings. The van der Waals surface area contributed by atoms with Crippen molar-refractivity contribution in [3.63, 3.8) is 0 Å². The summed E-state index contributed by atoms with van der Waals surface area (Å²) in [7, 11) is 2.66. The summed E-state index contributed by atoms with van der Waals surface area (Å²) in [6, 6.07) is 13.8. The number of carbonyl (C=O) groups excluding carboxylic acids is 3. The van der Waals surface area contributed by atoms with Gasteiger partial charge in [0.25, 0.3) is 0 Å². The summed E-state index contributed by atoms with van der Waals surface area (Å²) in [6.07, 6.45) is 0. The van der Waals surface area contributed by atoms with Crippen LogP contribution in [-0.4, -0.2) is 36.8 Å². The zero-order valence-corrected chi connectivity index (χ0v) is 15.4. The average Bonchev–Trinajstić information content (AvgIpc) is 3.19. The fraction of sp³-hybridized carbons (Fsp3) is 0.286. The van der Waals surface area contributed by atoms with Gasteiger partial charge >= 0.3 is 5.97 Å². The van der Waals surface area contributed by atoms with Crippen molar-refractivity contribution in [1.29, 1.82) is 0 Å². The van der Waals surface area contributed by atoms with Gasteiger partial charge in [0.15, 0.2) is 5.54 Å². The number of methoxy groups -OCH3 is 1. The highest BCUT2D eigenvalue weighted by Crippen LogP contribution is 2.53. The van der Waals surface area contributed by atoms with E-state index in [1.165, 1.54) is 26.3 Å². The Bertz CT molecular complexity index is 947. The van der Waals surface area contributed by atoms with Crippen LogP contribution in [0.3, 0.4) is 0 Å². The van der Waals surface area contributed by atoms with E-state index in [-0.39, 0.29) is 5.91 Å². The van der Waals surface area contributed by atoms with E-state index in [9.17, 15) is 18.8 Å². The number of ether oxygens (including phenoxy) is 1. The highest BCUT2D eigenvalue weighted by molar-refractivity contribution is 6.09. The summed E-state index contributed by atoms with van der Waals surface area (Å²) < 4.78 is 18.5. The molecule has 2 aromatic carbocycles. The number of amides is 2. The highest BCUT2D eigenvalue weighted by atomic mass is 19.1. The fourth-order valence-corrected chi connectivity index (χ4v) is 4.44. The topological polar surface area (TPSA) is 75.7 Å². The molecular weight excluding hydrogens is 363 g/mol. The molecule has 2 aromatic rings. The fourth-order valence-electron chi connectivity index (χ4n) is 4.44. The van der Waals surface area contributed by atoms with Crippen LogP contribution in [0.1, 0.15) is 17.2 Å². The number of likely N-dealkylation sites (tertiary alicyclic amines) is 1. The smallest absolute Gasteiger partial charge is 0.331 e. The molecule has 28 heavy (non-hydrogen) atoms. The lowest BCUT2D eigenvalue weighted by molar-refractivity contribution is -0.154. The van der Waals surface area contributed by atoms with Gasteiger partial charge in [0.1, 0.15) is 5.82 Å². The van der Waals surface area contributed by atoms with E-state index in [0.29, 0.717) is 11.1 Å². The van der Waals surface area contributed by atoms with Crippen molar-refractivity contribution in [3.8, 4) is 0 Å². The molecule has 7 heteroatoms. The molecule has 0 aromatic heterocycles. The predicted molar refractivity (Wildman–Crippen MR) is 97.2 cm³/mol. The lowest BCUT2D eigenvalue weighted by Gasteiger charge is -2.32. The van der Waals surface area contributed by atoms with Crippen molar-refractivity contribution in [3.05, 3.63) is 71.5 Å². The summed E-state index contributed by atoms with van der Waals surface area (Å²) in [5, 5.41) is 3.23. The van der Waals surface area contributed by atoms with Crippen molar-refractivity contribution < 1.29 is 23.5 Å². The van der Waals surface area contributed by atoms with Crippen molar-refractivity contribution in [2.24, 2.45) is 11.8 Å². The number of esters is 1. The quantitative estimate of drug-likeness (QED) is 0.647. The standard InChI is InChI=1S/C21H19FN2O4/c1-24-18(25)15-16(19(24)26)21(20(27)28-2,13-6-4-3-5-7-13)23-17(15)12-8-10-14(22)11-9-12/h3-11,15-17,23H,1-2H3/t15-,16+,17+,21+/m0/s1. The van der Waals surface area contributed by atoms with Crippen LogP contribution in [-0.2, 0) is 24.7 Å². The molecule has 0 spiro atoms. The summed E-state index contributed by atoms with van der Waals surface area (Å²) in [5.74, 6) is -3.64. The Morgan fingerprint density at radius 3 is 2.32 bits per heavy atom. The third-order valence-corrected chi connectivity index (χ3v) is 5.75. The highest BCUT2D eigenvalue weighted by Gasteiger charge is 2.68. The van der Waals surface area contributed by atoms with Crippen LogP contribution in [0.15, 0.2) is 54.6 Å². The van der Waals surface area contributed by atoms with Crippen LogP contribution in [0, 0.1) is 17.7 Å². The second-order valence-electron chi connectivity index (χ2n) is 7.08. The molecule has 2 heterocycles. The number of benzene rings is 2. The first-order chi connectivity index (χ1) is 13.4. The first-order valence-corrected chi connectivity index (χ1v) is 8.90. The Morgan fingerprint density at radius 1 is 1.07 bits per heavy atom. The van der Waals surface area contributed by atoms with Crippen LogP contribution in [0.2, 0.25) is 0 Å². The summed E-state index contributed by atoms with van der Waals surface area (Å²) in [6.45, 7) is 0. The van der Waals surface area contributed by atoms with E-state index in [1.54, 1.807) is 42.5 Å². The molecule has 144 valence electrons. The van der Waals surface area contributed by atoms with Gasteiger partial charge in [0.05, 0.1) is 18.9 Å². The maximum Gasteiger partial charge on any atom is 0.331 e. The second-order valence-corrected chi connectivity index (χ2v) is 7.08. The van der Waals surface area contributed by atoms with Crippen LogP contribution in [0.5, 0.6) is 0 Å². The summed E-state index contributed by atoms with van der Waals surface area (Å²) >= 11 is 0. The van der Waals surface area contributed by atoms with Crippen LogP contribution in [0.4, 0.5) is 4.39 Å². The second kappa shape index (κ2) is 6.53. The van der Waals surface area contributed by atoms with Gasteiger partial charge in [0.2, 0.25) is 11.8 Å². The average molecular weight is 382 g/mol. The molecule has 6 nitrogen and oxygen atoms in total. The molecule has 2 saturated heterocycles. The van der Waals surface area contributed by atoms with Crippen LogP contribution >= 0.6 is 0 Å². The Balaban J connectivity index is 1.94. The third kappa shape index (κ3) is 2.39. The maximum atomic E-state index is 13.4. The largest absolute Gasteiger partial charge is 0.467 e. The Hall–Kier alpha value is -3.06. The monoisotopic (exact) mass is 382 g/mol. The minimum atomic E-state index is -1.52. The van der Waals surface area contributed by atoms with Crippen LogP contribution < -0.4 is 5.32 Å². The minimum Gasteiger partial charge on any atom is -0.467 e. The first-order valence-electron chi connectivity index (χ1n) is 8.90. The van der Waals surface area contributed by atoms with E-state index < -0.39 is 41.1 Å². The third-order valence-electron chi connectivity index (χ3n) is 5.75. The van der Waals surface area contributed by atoms with E-state index >= 15 is 0 Å². The lowest BCUT2D eigenvalue weighted by Crippen LogP contribution is -2.53. The van der Waals surface area contributed by atoms with E-state index in [1.807, 2.05) is 0 Å². The van der Waals surface area contributed by atoms with Crippen molar-refractivity contribution in [2.75, 3.05) is 14.2 Å². The molecule has 0 unspecified atom stereocenters. The number of nitrogens with one attached hydrogen (secondary N) is 1. The van der Waals surface area contributed by atoms with Crippen molar-refractivity contribution in [1.82, 2.24) is 10.2 Å². The van der Waals surface area contributed by atoms with Gasteiger partial charge in [-0.3, -0.25) is 19.8 Å². The van der Waals surface area contributed by atoms with Crippen molar-refractivity contribution >= 4 is 17.8 Å². The number of halogens is 1. The number of fused-ring (bicyclic) bond motifs is 1. The molecule has 4 atom stereocenters. The number of hydrogen-bond acceptors (Lipinski definition) is 5. The normalized spacial score (nSPS) is 29.1. The van der Waals surface area contributed by atoms with E-state index in [2.05, 4.69) is 5.32 Å². The zero-order chi connectivity index (χ0) is 20.1. The van der Waals surface area contributed by atoms with Gasteiger partial charge in [0, 0.05) is 13.1 Å². The van der Waals surface area contributed by atoms with Gasteiger partial charge in [-0.25, -0.2) is 9.18 Å². The van der Waals surface area contributed by atoms with Gasteiger partial charge in [-0.05, 0) is 23.3 Å². The molecule has 4 rings (SSSR count). The SMILES string of the molecule is COC(=O)[C@]1(c2ccccc2)N[C@H](c2ccc(F)cc2)[C@H]2C(=O)N(C)C(=O)[C@@H]21. The molecule has 0 bridgehead atoms. The number of rotatable bonds is 3. The van der Waals surface area contributed by atoms with Gasteiger partial charge < -0.3 is 4.74 Å². The Morgan fingerprint density at radius 2 is 1.71 bits per heavy atom. The summed E-state index contributed by atoms with van der Waals surface area (Å²) in [4.78, 5) is 40.1. The minimum absolute atomic E-state index is 0.376. The number of imide groups is 1. The van der Waals surface area contributed by atoms with E-state index in [0.717, 1.165) is 4.90 Å². The molecule has 2 aliphatic heterocycles. The molecule has 2 aliphatic rings.